The van der Waals surface area contributed by atoms with Crippen LogP contribution in [0.1, 0.15) is 155 Å². The van der Waals surface area contributed by atoms with Gasteiger partial charge in [0.05, 0.1) is 19.0 Å². The van der Waals surface area contributed by atoms with Crippen LogP contribution < -0.4 is 0 Å². The van der Waals surface area contributed by atoms with Gasteiger partial charge in [-0.15, -0.1) is 0 Å². The number of hydrogen-bond donors (Lipinski definition) is 3. The Bertz CT molecular complexity index is 921. The van der Waals surface area contributed by atoms with Crippen molar-refractivity contribution in [2.24, 2.45) is 0 Å². The number of aliphatic hydroxyl groups is 1. The number of phosphoric ester groups is 1. The lowest BCUT2D eigenvalue weighted by molar-refractivity contribution is -0.153. The van der Waals surface area contributed by atoms with E-state index < -0.39 is 26.5 Å². The highest BCUT2D eigenvalue weighted by atomic mass is 31.2. The average molecular weight is 697 g/mol. The molecule has 278 valence electrons. The van der Waals surface area contributed by atoms with E-state index in [9.17, 15) is 14.5 Å². The molecule has 0 amide bonds. The summed E-state index contributed by atoms with van der Waals surface area (Å²) in [6.07, 6.45) is 42.0. The molecule has 0 unspecified atom stereocenters. The first-order valence-electron chi connectivity index (χ1n) is 18.8. The van der Waals surface area contributed by atoms with Crippen LogP contribution >= 0.6 is 7.82 Å². The van der Waals surface area contributed by atoms with Crippen molar-refractivity contribution in [2.45, 2.75) is 167 Å². The van der Waals surface area contributed by atoms with E-state index in [0.29, 0.717) is 6.42 Å². The SMILES string of the molecule is CCCCCCCCCCCCCC/C=C/OC[C@H](COP(=O)(O)O)OC(=O)CCC/C=C\C/C=C\C/C=C\C=C\[C@@H](O)CCCCC. The third-order valence-corrected chi connectivity index (χ3v) is 8.22. The summed E-state index contributed by atoms with van der Waals surface area (Å²) in [7, 11) is -4.69. The molecule has 0 aromatic rings. The van der Waals surface area contributed by atoms with Gasteiger partial charge in [-0.3, -0.25) is 9.32 Å². The largest absolute Gasteiger partial charge is 0.498 e. The Hall–Kier alpha value is -1.96. The molecule has 8 nitrogen and oxygen atoms in total. The number of esters is 1. The number of phosphoric acid groups is 1. The molecule has 3 N–H and O–H groups in total. The third-order valence-electron chi connectivity index (χ3n) is 7.74. The highest BCUT2D eigenvalue weighted by Crippen LogP contribution is 2.35. The Labute approximate surface area is 293 Å². The van der Waals surface area contributed by atoms with E-state index in [1.54, 1.807) is 6.26 Å². The van der Waals surface area contributed by atoms with Gasteiger partial charge in [-0.05, 0) is 51.0 Å². The predicted octanol–water partition coefficient (Wildman–Crippen LogP) is 10.7. The zero-order chi connectivity index (χ0) is 35.4. The monoisotopic (exact) mass is 696 g/mol. The van der Waals surface area contributed by atoms with Crippen molar-refractivity contribution in [3.05, 3.63) is 60.9 Å². The van der Waals surface area contributed by atoms with Crippen molar-refractivity contribution in [2.75, 3.05) is 13.2 Å². The normalized spacial score (nSPS) is 13.9. The molecule has 0 aromatic heterocycles. The molecule has 0 aliphatic carbocycles. The minimum Gasteiger partial charge on any atom is -0.498 e. The van der Waals surface area contributed by atoms with Crippen LogP contribution in [0, 0.1) is 0 Å². The smallest absolute Gasteiger partial charge is 0.469 e. The zero-order valence-corrected chi connectivity index (χ0v) is 31.1. The van der Waals surface area contributed by atoms with Gasteiger partial charge in [0.2, 0.25) is 0 Å². The number of carbonyl (C=O) groups excluding carboxylic acids is 1. The van der Waals surface area contributed by atoms with Crippen molar-refractivity contribution < 1.29 is 38.3 Å². The van der Waals surface area contributed by atoms with Crippen molar-refractivity contribution in [3.63, 3.8) is 0 Å². The fourth-order valence-electron chi connectivity index (χ4n) is 4.92. The summed E-state index contributed by atoms with van der Waals surface area (Å²) in [5, 5.41) is 9.86. The average Bonchev–Trinajstić information content (AvgIpc) is 3.05. The van der Waals surface area contributed by atoms with Crippen molar-refractivity contribution in [3.8, 4) is 0 Å². The van der Waals surface area contributed by atoms with Gasteiger partial charge in [-0.25, -0.2) is 4.57 Å². The van der Waals surface area contributed by atoms with E-state index in [4.69, 9.17) is 19.3 Å². The summed E-state index contributed by atoms with van der Waals surface area (Å²) in [4.78, 5) is 30.4. The van der Waals surface area contributed by atoms with Gasteiger partial charge in [0, 0.05) is 6.42 Å². The summed E-state index contributed by atoms with van der Waals surface area (Å²) < 4.78 is 26.6. The predicted molar refractivity (Wildman–Crippen MR) is 198 cm³/mol. The van der Waals surface area contributed by atoms with Crippen LogP contribution in [0.2, 0.25) is 0 Å². The van der Waals surface area contributed by atoms with Gasteiger partial charge >= 0.3 is 13.8 Å². The lowest BCUT2D eigenvalue weighted by atomic mass is 10.0. The first-order chi connectivity index (χ1) is 23.3. The van der Waals surface area contributed by atoms with E-state index in [0.717, 1.165) is 57.8 Å². The number of aliphatic hydroxyl groups excluding tert-OH is 1. The molecule has 0 radical (unpaired) electrons. The highest BCUT2D eigenvalue weighted by molar-refractivity contribution is 7.46. The maximum atomic E-state index is 12.3. The Balaban J connectivity index is 4.07. The lowest BCUT2D eigenvalue weighted by Gasteiger charge is -2.17. The zero-order valence-electron chi connectivity index (χ0n) is 30.2. The van der Waals surface area contributed by atoms with Crippen molar-refractivity contribution in [1.82, 2.24) is 0 Å². The molecule has 0 aromatic carbocycles. The Morgan fingerprint density at radius 3 is 1.88 bits per heavy atom. The van der Waals surface area contributed by atoms with Crippen molar-refractivity contribution in [1.29, 1.82) is 0 Å². The summed E-state index contributed by atoms with van der Waals surface area (Å²) >= 11 is 0. The Morgan fingerprint density at radius 1 is 0.667 bits per heavy atom. The topological polar surface area (TPSA) is 123 Å². The van der Waals surface area contributed by atoms with E-state index in [-0.39, 0.29) is 19.1 Å². The Kier molecular flexibility index (Phi) is 33.5. The molecule has 0 heterocycles. The molecule has 9 heteroatoms. The van der Waals surface area contributed by atoms with Crippen LogP contribution in [-0.2, 0) is 23.4 Å². The molecule has 0 saturated carbocycles. The van der Waals surface area contributed by atoms with Gasteiger partial charge < -0.3 is 24.4 Å². The van der Waals surface area contributed by atoms with E-state index >= 15 is 0 Å². The molecular weight excluding hydrogens is 627 g/mol. The fourth-order valence-corrected chi connectivity index (χ4v) is 5.28. The van der Waals surface area contributed by atoms with Gasteiger partial charge in [0.1, 0.15) is 6.61 Å². The minimum atomic E-state index is -4.69. The van der Waals surface area contributed by atoms with Crippen molar-refractivity contribution >= 4 is 13.8 Å². The molecule has 0 aliphatic heterocycles. The van der Waals surface area contributed by atoms with Crippen LogP contribution in [0.4, 0.5) is 0 Å². The van der Waals surface area contributed by atoms with Crippen LogP contribution in [0.3, 0.4) is 0 Å². The Morgan fingerprint density at radius 2 is 1.23 bits per heavy atom. The molecule has 0 spiro atoms. The summed E-state index contributed by atoms with van der Waals surface area (Å²) in [6, 6.07) is 0. The molecule has 0 rings (SSSR count). The standard InChI is InChI=1S/C39H69O8P/c1-3-5-7-8-9-10-11-12-13-17-20-23-26-30-34-45-35-38(36-46-48(42,43)44)47-39(41)33-29-25-22-19-16-14-15-18-21-24-28-32-37(40)31-27-6-4-2/h14-15,19,21-22,24,28,30,32,34,37-38,40H,3-13,16-18,20,23,25-27,29,31,33,35-36H2,1-2H3,(H2,42,43,44)/b15-14-,22-19-,24-21-,32-28+,34-30+/t37-,38+/m0/s1. The summed E-state index contributed by atoms with van der Waals surface area (Å²) in [6.45, 7) is 3.92. The number of ether oxygens (including phenoxy) is 2. The number of carbonyl (C=O) groups is 1. The summed E-state index contributed by atoms with van der Waals surface area (Å²) in [5.74, 6) is -0.457. The number of hydrogen-bond acceptors (Lipinski definition) is 6. The summed E-state index contributed by atoms with van der Waals surface area (Å²) in [5.41, 5.74) is 0. The van der Waals surface area contributed by atoms with Gasteiger partial charge in [0.15, 0.2) is 6.10 Å². The van der Waals surface area contributed by atoms with Crippen LogP contribution in [0.25, 0.3) is 0 Å². The molecule has 0 fully saturated rings. The van der Waals surface area contributed by atoms with Gasteiger partial charge in [-0.2, -0.15) is 0 Å². The second-order valence-corrected chi connectivity index (χ2v) is 13.7. The number of unbranched alkanes of at least 4 members (excludes halogenated alkanes) is 15. The van der Waals surface area contributed by atoms with Crippen LogP contribution in [0.5, 0.6) is 0 Å². The molecule has 2 atom stereocenters. The second kappa shape index (κ2) is 34.9. The first-order valence-corrected chi connectivity index (χ1v) is 20.3. The number of rotatable bonds is 34. The quantitative estimate of drug-likeness (QED) is 0.0152. The van der Waals surface area contributed by atoms with Crippen LogP contribution in [-0.4, -0.2) is 46.3 Å². The molecule has 48 heavy (non-hydrogen) atoms. The van der Waals surface area contributed by atoms with E-state index in [1.165, 1.54) is 70.6 Å². The minimum absolute atomic E-state index is 0.0423. The first kappa shape index (κ1) is 46.0. The highest BCUT2D eigenvalue weighted by Gasteiger charge is 2.21. The molecule has 0 saturated heterocycles. The molecule has 0 aliphatic rings. The van der Waals surface area contributed by atoms with Gasteiger partial charge in [-0.1, -0.05) is 152 Å². The van der Waals surface area contributed by atoms with E-state index in [1.807, 2.05) is 42.5 Å². The second-order valence-electron chi connectivity index (χ2n) is 12.5. The fraction of sp³-hybridized carbons (Fsp3) is 0.718. The van der Waals surface area contributed by atoms with E-state index in [2.05, 4.69) is 30.5 Å². The third kappa shape index (κ3) is 36.9. The molecule has 0 bridgehead atoms. The maximum Gasteiger partial charge on any atom is 0.469 e. The number of allylic oxidation sites excluding steroid dienone is 8. The maximum absolute atomic E-state index is 12.3. The molecular formula is C39H69O8P. The van der Waals surface area contributed by atoms with Gasteiger partial charge in [0.25, 0.3) is 0 Å². The lowest BCUT2D eigenvalue weighted by Crippen LogP contribution is -2.27. The van der Waals surface area contributed by atoms with Crippen LogP contribution in [0.15, 0.2) is 60.9 Å².